The first-order chi connectivity index (χ1) is 8.61. The predicted octanol–water partition coefficient (Wildman–Crippen LogP) is 1.41. The van der Waals surface area contributed by atoms with Gasteiger partial charge in [0.1, 0.15) is 6.07 Å². The second-order valence-corrected chi connectivity index (χ2v) is 3.80. The number of nitrogens with one attached hydrogen (secondary N) is 2. The van der Waals surface area contributed by atoms with Gasteiger partial charge in [0.2, 0.25) is 5.71 Å². The minimum atomic E-state index is -0.357. The number of hydrogen-bond acceptors (Lipinski definition) is 4. The van der Waals surface area contributed by atoms with E-state index in [4.69, 9.17) is 16.4 Å². The number of nitrogens with two attached hydrogens (primary N) is 1. The van der Waals surface area contributed by atoms with Crippen LogP contribution in [0.2, 0.25) is 0 Å². The van der Waals surface area contributed by atoms with Gasteiger partial charge in [-0.15, -0.1) is 0 Å². The van der Waals surface area contributed by atoms with E-state index in [0.717, 1.165) is 16.6 Å². The van der Waals surface area contributed by atoms with Crippen LogP contribution in [-0.2, 0) is 7.05 Å². The van der Waals surface area contributed by atoms with E-state index in [1.807, 2.05) is 42.1 Å². The number of hydrazone groups is 1. The summed E-state index contributed by atoms with van der Waals surface area (Å²) in [7, 11) is 1.95. The van der Waals surface area contributed by atoms with Crippen molar-refractivity contribution in [3.05, 3.63) is 30.5 Å². The molecule has 0 aliphatic carbocycles. The fourth-order valence-corrected chi connectivity index (χ4v) is 1.60. The number of benzene rings is 1. The Morgan fingerprint density at radius 1 is 1.50 bits per heavy atom. The molecule has 1 aromatic carbocycles. The first-order valence-electron chi connectivity index (χ1n) is 5.25. The van der Waals surface area contributed by atoms with Crippen LogP contribution >= 0.6 is 0 Å². The SMILES string of the molecule is Cn1ccc2ccc(N/N=C(\C#N)C(=N)N)cc21. The Labute approximate surface area is 104 Å². The number of anilines is 1. The summed E-state index contributed by atoms with van der Waals surface area (Å²) in [5.41, 5.74) is 9.56. The third kappa shape index (κ3) is 2.15. The molecule has 0 saturated heterocycles. The predicted molar refractivity (Wildman–Crippen MR) is 71.5 cm³/mol. The molecule has 0 aliphatic heterocycles. The van der Waals surface area contributed by atoms with Crippen molar-refractivity contribution >= 4 is 28.1 Å². The molecule has 6 heteroatoms. The van der Waals surface area contributed by atoms with Crippen LogP contribution in [0.5, 0.6) is 0 Å². The van der Waals surface area contributed by atoms with Crippen LogP contribution in [0.1, 0.15) is 0 Å². The zero-order chi connectivity index (χ0) is 13.1. The number of nitrogens with zero attached hydrogens (tertiary/aromatic N) is 3. The van der Waals surface area contributed by atoms with Gasteiger partial charge in [0.25, 0.3) is 0 Å². The highest BCUT2D eigenvalue weighted by Crippen LogP contribution is 2.19. The van der Waals surface area contributed by atoms with Crippen LogP contribution in [0.25, 0.3) is 10.9 Å². The molecule has 90 valence electrons. The largest absolute Gasteiger partial charge is 0.382 e. The minimum Gasteiger partial charge on any atom is -0.382 e. The summed E-state index contributed by atoms with van der Waals surface area (Å²) in [4.78, 5) is 0. The Kier molecular flexibility index (Phi) is 2.98. The van der Waals surface area contributed by atoms with Gasteiger partial charge in [-0.05, 0) is 23.6 Å². The normalized spacial score (nSPS) is 11.2. The number of nitriles is 1. The highest BCUT2D eigenvalue weighted by Gasteiger charge is 2.02. The standard InChI is InChI=1S/C12H12N6/c1-18-5-4-8-2-3-9(6-11(8)18)16-17-10(7-13)12(14)15/h2-6,16H,1H3,(H3,14,15)/b17-10+. The Balaban J connectivity index is 2.30. The molecule has 0 amide bonds. The number of fused-ring (bicyclic) bond motifs is 1. The molecule has 18 heavy (non-hydrogen) atoms. The summed E-state index contributed by atoms with van der Waals surface area (Å²) in [6.07, 6.45) is 1.97. The average Bonchev–Trinajstić information content (AvgIpc) is 2.71. The molecule has 2 aromatic rings. The van der Waals surface area contributed by atoms with Gasteiger partial charge in [-0.3, -0.25) is 10.8 Å². The van der Waals surface area contributed by atoms with Gasteiger partial charge in [-0.1, -0.05) is 6.07 Å². The van der Waals surface area contributed by atoms with Crippen molar-refractivity contribution in [1.29, 1.82) is 10.7 Å². The van der Waals surface area contributed by atoms with Crippen molar-refractivity contribution < 1.29 is 0 Å². The fraction of sp³-hybridized carbons (Fsp3) is 0.0833. The van der Waals surface area contributed by atoms with Crippen molar-refractivity contribution in [2.45, 2.75) is 0 Å². The molecule has 0 saturated carbocycles. The maximum absolute atomic E-state index is 8.71. The van der Waals surface area contributed by atoms with Gasteiger partial charge < -0.3 is 10.3 Å². The van der Waals surface area contributed by atoms with Crippen LogP contribution < -0.4 is 11.2 Å². The topological polar surface area (TPSA) is 103 Å². The molecule has 6 nitrogen and oxygen atoms in total. The smallest absolute Gasteiger partial charge is 0.201 e. The van der Waals surface area contributed by atoms with Gasteiger partial charge >= 0.3 is 0 Å². The lowest BCUT2D eigenvalue weighted by molar-refractivity contribution is 0.969. The number of aryl methyl sites for hydroxylation is 1. The van der Waals surface area contributed by atoms with E-state index in [2.05, 4.69) is 10.5 Å². The molecule has 2 rings (SSSR count). The van der Waals surface area contributed by atoms with Crippen molar-refractivity contribution in [2.75, 3.05) is 5.43 Å². The van der Waals surface area contributed by atoms with E-state index in [1.165, 1.54) is 0 Å². The molecular formula is C12H12N6. The summed E-state index contributed by atoms with van der Waals surface area (Å²) in [5.74, 6) is -0.357. The molecule has 0 unspecified atom stereocenters. The number of hydrogen-bond donors (Lipinski definition) is 3. The minimum absolute atomic E-state index is 0.137. The molecule has 4 N–H and O–H groups in total. The molecule has 0 aliphatic rings. The highest BCUT2D eigenvalue weighted by atomic mass is 15.3. The zero-order valence-corrected chi connectivity index (χ0v) is 9.81. The number of rotatable bonds is 3. The molecular weight excluding hydrogens is 228 g/mol. The fourth-order valence-electron chi connectivity index (χ4n) is 1.60. The first-order valence-corrected chi connectivity index (χ1v) is 5.25. The van der Waals surface area contributed by atoms with Crippen LogP contribution in [0.15, 0.2) is 35.6 Å². The summed E-state index contributed by atoms with van der Waals surface area (Å²) in [5, 5.41) is 20.8. The van der Waals surface area contributed by atoms with Crippen molar-refractivity contribution in [1.82, 2.24) is 4.57 Å². The summed E-state index contributed by atoms with van der Waals surface area (Å²) in [6.45, 7) is 0. The second-order valence-electron chi connectivity index (χ2n) is 3.80. The molecule has 0 atom stereocenters. The van der Waals surface area contributed by atoms with Crippen LogP contribution in [0.3, 0.4) is 0 Å². The van der Waals surface area contributed by atoms with E-state index >= 15 is 0 Å². The molecule has 0 bridgehead atoms. The average molecular weight is 240 g/mol. The third-order valence-electron chi connectivity index (χ3n) is 2.55. The Bertz CT molecular complexity index is 673. The van der Waals surface area contributed by atoms with Crippen molar-refractivity contribution in [3.63, 3.8) is 0 Å². The third-order valence-corrected chi connectivity index (χ3v) is 2.55. The summed E-state index contributed by atoms with van der Waals surface area (Å²) >= 11 is 0. The number of aromatic nitrogens is 1. The van der Waals surface area contributed by atoms with E-state index in [1.54, 1.807) is 6.07 Å². The maximum atomic E-state index is 8.71. The lowest BCUT2D eigenvalue weighted by atomic mass is 10.2. The summed E-state index contributed by atoms with van der Waals surface area (Å²) in [6, 6.07) is 9.47. The lowest BCUT2D eigenvalue weighted by Gasteiger charge is -2.02. The van der Waals surface area contributed by atoms with Crippen molar-refractivity contribution in [3.8, 4) is 6.07 Å². The zero-order valence-electron chi connectivity index (χ0n) is 9.81. The van der Waals surface area contributed by atoms with E-state index in [0.29, 0.717) is 0 Å². The van der Waals surface area contributed by atoms with E-state index in [-0.39, 0.29) is 11.5 Å². The van der Waals surface area contributed by atoms with Crippen LogP contribution in [-0.4, -0.2) is 16.1 Å². The van der Waals surface area contributed by atoms with Gasteiger partial charge in [0.15, 0.2) is 5.84 Å². The van der Waals surface area contributed by atoms with E-state index in [9.17, 15) is 0 Å². The molecule has 0 spiro atoms. The highest BCUT2D eigenvalue weighted by molar-refractivity contribution is 6.45. The quantitative estimate of drug-likeness (QED) is 0.429. The lowest BCUT2D eigenvalue weighted by Crippen LogP contribution is -2.21. The maximum Gasteiger partial charge on any atom is 0.201 e. The van der Waals surface area contributed by atoms with Gasteiger partial charge in [0, 0.05) is 18.8 Å². The molecule has 0 fully saturated rings. The number of amidine groups is 1. The van der Waals surface area contributed by atoms with Gasteiger partial charge in [0.05, 0.1) is 5.69 Å². The van der Waals surface area contributed by atoms with Gasteiger partial charge in [-0.25, -0.2) is 0 Å². The Morgan fingerprint density at radius 3 is 2.94 bits per heavy atom. The van der Waals surface area contributed by atoms with Crippen LogP contribution in [0.4, 0.5) is 5.69 Å². The molecule has 0 radical (unpaired) electrons. The van der Waals surface area contributed by atoms with Gasteiger partial charge in [-0.2, -0.15) is 10.4 Å². The van der Waals surface area contributed by atoms with E-state index < -0.39 is 0 Å². The first kappa shape index (κ1) is 11.7. The second kappa shape index (κ2) is 4.59. The Hall–Kier alpha value is -2.81. The molecule has 1 aromatic heterocycles. The van der Waals surface area contributed by atoms with Crippen molar-refractivity contribution in [2.24, 2.45) is 17.9 Å². The Morgan fingerprint density at radius 2 is 2.28 bits per heavy atom. The monoisotopic (exact) mass is 240 g/mol. The molecule has 1 heterocycles. The summed E-state index contributed by atoms with van der Waals surface area (Å²) < 4.78 is 1.99. The van der Waals surface area contributed by atoms with Crippen LogP contribution in [0, 0.1) is 16.7 Å².